The molecule has 7 nitrogen and oxygen atoms in total. The van der Waals surface area contributed by atoms with Gasteiger partial charge in [0.05, 0.1) is 17.6 Å². The number of sulfonamides is 1. The molecule has 180 valence electrons. The number of hydrogen-bond donors (Lipinski definition) is 2. The van der Waals surface area contributed by atoms with E-state index in [9.17, 15) is 26.4 Å². The summed E-state index contributed by atoms with van der Waals surface area (Å²) in [5.74, 6) is 0.364. The largest absolute Gasteiger partial charge is 0.493 e. The van der Waals surface area contributed by atoms with Gasteiger partial charge in [-0.15, -0.1) is 0 Å². The van der Waals surface area contributed by atoms with Crippen LogP contribution in [0.25, 0.3) is 0 Å². The van der Waals surface area contributed by atoms with Crippen molar-refractivity contribution >= 4 is 27.3 Å². The van der Waals surface area contributed by atoms with Gasteiger partial charge in [-0.25, -0.2) is 8.42 Å². The van der Waals surface area contributed by atoms with Crippen molar-refractivity contribution in [1.29, 1.82) is 0 Å². The summed E-state index contributed by atoms with van der Waals surface area (Å²) in [5, 5.41) is 2.61. The average molecular weight is 494 g/mol. The first-order chi connectivity index (χ1) is 16.0. The molecule has 11 heteroatoms. The molecule has 0 aliphatic carbocycles. The number of methoxy groups -OCH3 is 1. The molecule has 0 aliphatic heterocycles. The van der Waals surface area contributed by atoms with Crippen LogP contribution >= 0.6 is 0 Å². The number of rotatable bonds is 8. The summed E-state index contributed by atoms with van der Waals surface area (Å²) < 4.78 is 76.6. The van der Waals surface area contributed by atoms with Crippen molar-refractivity contribution in [3.63, 3.8) is 0 Å². The van der Waals surface area contributed by atoms with E-state index in [-0.39, 0.29) is 10.6 Å². The standard InChI is InChI=1S/C23H21F3N2O5S/c1-15(33-21-9-4-3-8-20(21)32-2)22(29)27-17-10-12-19(13-11-17)34(30,31)28-18-7-5-6-16(14-18)23(24,25)26/h3-15,28H,1-2H3,(H,27,29). The lowest BCUT2D eigenvalue weighted by atomic mass is 10.2. The first-order valence-corrected chi connectivity index (χ1v) is 11.4. The van der Waals surface area contributed by atoms with Crippen LogP contribution in [0.3, 0.4) is 0 Å². The van der Waals surface area contributed by atoms with Gasteiger partial charge in [0.25, 0.3) is 15.9 Å². The van der Waals surface area contributed by atoms with Gasteiger partial charge >= 0.3 is 6.18 Å². The lowest BCUT2D eigenvalue weighted by molar-refractivity contribution is -0.137. The molecular formula is C23H21F3N2O5S. The molecule has 3 aromatic carbocycles. The van der Waals surface area contributed by atoms with Crippen LogP contribution < -0.4 is 19.5 Å². The molecule has 0 aromatic heterocycles. The number of benzene rings is 3. The van der Waals surface area contributed by atoms with Crippen molar-refractivity contribution in [3.05, 3.63) is 78.4 Å². The number of hydrogen-bond acceptors (Lipinski definition) is 5. The summed E-state index contributed by atoms with van der Waals surface area (Å²) in [6, 6.07) is 15.8. The van der Waals surface area contributed by atoms with Gasteiger partial charge in [-0.1, -0.05) is 18.2 Å². The molecule has 0 fully saturated rings. The van der Waals surface area contributed by atoms with Gasteiger partial charge in [0.15, 0.2) is 17.6 Å². The van der Waals surface area contributed by atoms with Crippen molar-refractivity contribution in [2.24, 2.45) is 0 Å². The van der Waals surface area contributed by atoms with Crippen LogP contribution in [0.2, 0.25) is 0 Å². The third kappa shape index (κ3) is 6.19. The van der Waals surface area contributed by atoms with Gasteiger partial charge in [-0.05, 0) is 61.5 Å². The summed E-state index contributed by atoms with van der Waals surface area (Å²) in [6.07, 6.45) is -5.49. The second-order valence-corrected chi connectivity index (χ2v) is 8.79. The van der Waals surface area contributed by atoms with E-state index in [1.807, 2.05) is 0 Å². The van der Waals surface area contributed by atoms with Crippen molar-refractivity contribution in [3.8, 4) is 11.5 Å². The zero-order chi connectivity index (χ0) is 24.9. The fourth-order valence-corrected chi connectivity index (χ4v) is 3.94. The number of nitrogens with one attached hydrogen (secondary N) is 2. The molecule has 2 N–H and O–H groups in total. The molecule has 0 bridgehead atoms. The molecule has 34 heavy (non-hydrogen) atoms. The zero-order valence-electron chi connectivity index (χ0n) is 18.1. The Kier molecular flexibility index (Phi) is 7.35. The molecule has 1 atom stereocenters. The van der Waals surface area contributed by atoms with Crippen molar-refractivity contribution in [1.82, 2.24) is 0 Å². The first kappa shape index (κ1) is 24.9. The summed E-state index contributed by atoms with van der Waals surface area (Å²) in [4.78, 5) is 12.3. The first-order valence-electron chi connectivity index (χ1n) is 9.90. The summed E-state index contributed by atoms with van der Waals surface area (Å²) in [5.41, 5.74) is -0.900. The van der Waals surface area contributed by atoms with Crippen LogP contribution in [-0.4, -0.2) is 27.5 Å². The normalized spacial score (nSPS) is 12.5. The summed E-state index contributed by atoms with van der Waals surface area (Å²) in [7, 11) is -2.68. The monoisotopic (exact) mass is 494 g/mol. The third-order valence-electron chi connectivity index (χ3n) is 4.62. The van der Waals surface area contributed by atoms with Gasteiger partial charge in [0, 0.05) is 11.4 Å². The highest BCUT2D eigenvalue weighted by Gasteiger charge is 2.30. The maximum absolute atomic E-state index is 12.9. The third-order valence-corrected chi connectivity index (χ3v) is 6.01. The fraction of sp³-hybridized carbons (Fsp3) is 0.174. The minimum absolute atomic E-state index is 0.193. The number of anilines is 2. The van der Waals surface area contributed by atoms with Gasteiger partial charge in [0.1, 0.15) is 0 Å². The van der Waals surface area contributed by atoms with Crippen LogP contribution in [-0.2, 0) is 21.0 Å². The fourth-order valence-electron chi connectivity index (χ4n) is 2.89. The molecule has 0 radical (unpaired) electrons. The van der Waals surface area contributed by atoms with Crippen LogP contribution in [0.1, 0.15) is 12.5 Å². The summed E-state index contributed by atoms with van der Waals surface area (Å²) in [6.45, 7) is 1.54. The molecule has 3 rings (SSSR count). The molecule has 0 spiro atoms. The van der Waals surface area contributed by atoms with Gasteiger partial charge < -0.3 is 14.8 Å². The Bertz CT molecular complexity index is 1260. The topological polar surface area (TPSA) is 93.7 Å². The highest BCUT2D eigenvalue weighted by atomic mass is 32.2. The van der Waals surface area contributed by atoms with Crippen molar-refractivity contribution < 1.29 is 35.9 Å². The Morgan fingerprint density at radius 1 is 0.912 bits per heavy atom. The Labute approximate surface area is 194 Å². The number of alkyl halides is 3. The highest BCUT2D eigenvalue weighted by molar-refractivity contribution is 7.92. The molecule has 0 saturated heterocycles. The quantitative estimate of drug-likeness (QED) is 0.464. The highest BCUT2D eigenvalue weighted by Crippen LogP contribution is 2.31. The predicted molar refractivity (Wildman–Crippen MR) is 120 cm³/mol. The molecule has 0 heterocycles. The second-order valence-electron chi connectivity index (χ2n) is 7.11. The Morgan fingerprint density at radius 2 is 1.56 bits per heavy atom. The maximum atomic E-state index is 12.9. The Hall–Kier alpha value is -3.73. The van der Waals surface area contributed by atoms with Crippen molar-refractivity contribution in [2.75, 3.05) is 17.1 Å². The smallest absolute Gasteiger partial charge is 0.416 e. The van der Waals surface area contributed by atoms with Crippen LogP contribution in [0, 0.1) is 0 Å². The van der Waals surface area contributed by atoms with E-state index < -0.39 is 33.8 Å². The van der Waals surface area contributed by atoms with Crippen LogP contribution in [0.4, 0.5) is 24.5 Å². The number of halogens is 3. The molecule has 1 unspecified atom stereocenters. The number of ether oxygens (including phenoxy) is 2. The Morgan fingerprint density at radius 3 is 2.18 bits per heavy atom. The van der Waals surface area contributed by atoms with Crippen molar-refractivity contribution in [2.45, 2.75) is 24.1 Å². The second kappa shape index (κ2) is 10.0. The zero-order valence-corrected chi connectivity index (χ0v) is 18.9. The van der Waals surface area contributed by atoms with Gasteiger partial charge in [-0.2, -0.15) is 13.2 Å². The molecule has 3 aromatic rings. The predicted octanol–water partition coefficient (Wildman–Crippen LogP) is 4.92. The SMILES string of the molecule is COc1ccccc1OC(C)C(=O)Nc1ccc(S(=O)(=O)Nc2cccc(C(F)(F)F)c2)cc1. The van der Waals surface area contributed by atoms with Gasteiger partial charge in [-0.3, -0.25) is 9.52 Å². The van der Waals surface area contributed by atoms with E-state index in [2.05, 4.69) is 10.0 Å². The lowest BCUT2D eigenvalue weighted by Crippen LogP contribution is -2.30. The molecule has 0 aliphatic rings. The number of carbonyl (C=O) groups is 1. The summed E-state index contributed by atoms with van der Waals surface area (Å²) >= 11 is 0. The van der Waals surface area contributed by atoms with E-state index in [1.165, 1.54) is 37.4 Å². The number of para-hydroxylation sites is 2. The van der Waals surface area contributed by atoms with E-state index in [0.717, 1.165) is 12.1 Å². The van der Waals surface area contributed by atoms with E-state index in [1.54, 1.807) is 31.2 Å². The average Bonchev–Trinajstić information content (AvgIpc) is 2.79. The number of amides is 1. The van der Waals surface area contributed by atoms with Crippen LogP contribution in [0.15, 0.2) is 77.7 Å². The lowest BCUT2D eigenvalue weighted by Gasteiger charge is -2.17. The van der Waals surface area contributed by atoms with Gasteiger partial charge in [0.2, 0.25) is 0 Å². The molecule has 1 amide bonds. The van der Waals surface area contributed by atoms with E-state index in [0.29, 0.717) is 23.3 Å². The molecule has 0 saturated carbocycles. The van der Waals surface area contributed by atoms with E-state index >= 15 is 0 Å². The minimum Gasteiger partial charge on any atom is -0.493 e. The van der Waals surface area contributed by atoms with Crippen LogP contribution in [0.5, 0.6) is 11.5 Å². The molecular weight excluding hydrogens is 473 g/mol. The minimum atomic E-state index is -4.60. The number of carbonyl (C=O) groups excluding carboxylic acids is 1. The van der Waals surface area contributed by atoms with E-state index in [4.69, 9.17) is 9.47 Å². The maximum Gasteiger partial charge on any atom is 0.416 e. The Balaban J connectivity index is 1.66.